The number of ether oxygens (including phenoxy) is 1. The molecule has 2 aromatic heterocycles. The molecule has 4 rings (SSSR count). The highest BCUT2D eigenvalue weighted by Crippen LogP contribution is 2.34. The molecule has 2 aliphatic rings. The third kappa shape index (κ3) is 2.82. The summed E-state index contributed by atoms with van der Waals surface area (Å²) in [5, 5.41) is 8.77. The first-order valence-corrected chi connectivity index (χ1v) is 8.54. The van der Waals surface area contributed by atoms with E-state index in [-0.39, 0.29) is 5.60 Å². The van der Waals surface area contributed by atoms with Gasteiger partial charge in [0.25, 0.3) is 0 Å². The molecule has 126 valence electrons. The van der Waals surface area contributed by atoms with Gasteiger partial charge < -0.3 is 14.2 Å². The molecule has 2 aromatic rings. The Morgan fingerprint density at radius 1 is 1.17 bits per heavy atom. The zero-order chi connectivity index (χ0) is 16.6. The third-order valence-electron chi connectivity index (χ3n) is 5.03. The van der Waals surface area contributed by atoms with Crippen LogP contribution in [-0.4, -0.2) is 45.0 Å². The maximum absolute atomic E-state index is 6.09. The summed E-state index contributed by atoms with van der Waals surface area (Å²) in [5.41, 5.74) is 2.20. The van der Waals surface area contributed by atoms with E-state index in [0.717, 1.165) is 56.3 Å². The second kappa shape index (κ2) is 6.02. The van der Waals surface area contributed by atoms with Crippen LogP contribution < -0.4 is 4.90 Å². The van der Waals surface area contributed by atoms with Crippen molar-refractivity contribution in [2.75, 3.05) is 24.6 Å². The number of nitrogens with zero attached hydrogens (tertiary/aromatic N) is 5. The number of hydrogen-bond donors (Lipinski definition) is 0. The quantitative estimate of drug-likeness (QED) is 0.794. The molecule has 0 unspecified atom stereocenters. The van der Waals surface area contributed by atoms with Crippen LogP contribution in [0.15, 0.2) is 36.2 Å². The minimum atomic E-state index is -0.0564. The van der Waals surface area contributed by atoms with Crippen LogP contribution in [0.2, 0.25) is 0 Å². The molecule has 0 amide bonds. The van der Waals surface area contributed by atoms with Crippen LogP contribution in [0.25, 0.3) is 11.5 Å². The van der Waals surface area contributed by atoms with Crippen LogP contribution in [0.1, 0.15) is 26.2 Å². The lowest BCUT2D eigenvalue weighted by molar-refractivity contribution is -0.0326. The van der Waals surface area contributed by atoms with E-state index in [0.29, 0.717) is 0 Å². The van der Waals surface area contributed by atoms with Crippen LogP contribution in [-0.2, 0) is 11.8 Å². The molecule has 24 heavy (non-hydrogen) atoms. The summed E-state index contributed by atoms with van der Waals surface area (Å²) < 4.78 is 8.04. The molecule has 0 atom stereocenters. The Morgan fingerprint density at radius 3 is 2.62 bits per heavy atom. The van der Waals surface area contributed by atoms with E-state index >= 15 is 0 Å². The van der Waals surface area contributed by atoms with Gasteiger partial charge in [-0.1, -0.05) is 11.6 Å². The van der Waals surface area contributed by atoms with Crippen molar-refractivity contribution in [3.63, 3.8) is 0 Å². The molecule has 1 fully saturated rings. The minimum Gasteiger partial charge on any atom is -0.370 e. The first-order chi connectivity index (χ1) is 11.7. The molecule has 1 spiro atoms. The summed E-state index contributed by atoms with van der Waals surface area (Å²) in [6, 6.07) is 4.04. The molecule has 0 N–H and O–H groups in total. The normalized spacial score (nSPS) is 20.2. The first-order valence-electron chi connectivity index (χ1n) is 8.54. The van der Waals surface area contributed by atoms with Crippen LogP contribution in [0, 0.1) is 0 Å². The standard InChI is InChI=1S/C18H23N5O/c1-14-5-12-24-18(13-14)6-9-23(10-7-18)16-4-3-15(20-21-16)17-19-8-11-22(17)2/h3-4,8,11,13H,5-7,9-10,12H2,1-2H3. The molecule has 1 saturated heterocycles. The van der Waals surface area contributed by atoms with Gasteiger partial charge in [-0.25, -0.2) is 4.98 Å². The van der Waals surface area contributed by atoms with Gasteiger partial charge in [0.2, 0.25) is 0 Å². The summed E-state index contributed by atoms with van der Waals surface area (Å²) >= 11 is 0. The molecule has 6 nitrogen and oxygen atoms in total. The van der Waals surface area contributed by atoms with Gasteiger partial charge in [0.15, 0.2) is 11.6 Å². The lowest BCUT2D eigenvalue weighted by Gasteiger charge is -2.42. The van der Waals surface area contributed by atoms with Crippen molar-refractivity contribution in [1.29, 1.82) is 0 Å². The van der Waals surface area contributed by atoms with Crippen LogP contribution >= 0.6 is 0 Å². The fourth-order valence-corrected chi connectivity index (χ4v) is 3.61. The topological polar surface area (TPSA) is 56.1 Å². The molecule has 0 bridgehead atoms. The number of aryl methyl sites for hydroxylation is 1. The Kier molecular flexibility index (Phi) is 3.84. The van der Waals surface area contributed by atoms with Gasteiger partial charge in [0.1, 0.15) is 5.69 Å². The molecular formula is C18H23N5O. The van der Waals surface area contributed by atoms with Gasteiger partial charge in [-0.3, -0.25) is 0 Å². The molecule has 0 saturated carbocycles. The SMILES string of the molecule is CC1=CC2(CCN(c3ccc(-c4nccn4C)nn3)CC2)OCC1. The van der Waals surface area contributed by atoms with Crippen molar-refractivity contribution in [2.45, 2.75) is 31.8 Å². The highest BCUT2D eigenvalue weighted by atomic mass is 16.5. The van der Waals surface area contributed by atoms with E-state index in [9.17, 15) is 0 Å². The smallest absolute Gasteiger partial charge is 0.160 e. The second-order valence-electron chi connectivity index (χ2n) is 6.78. The molecule has 4 heterocycles. The van der Waals surface area contributed by atoms with Crippen LogP contribution in [0.5, 0.6) is 0 Å². The van der Waals surface area contributed by atoms with E-state index in [1.165, 1.54) is 5.57 Å². The van der Waals surface area contributed by atoms with Gasteiger partial charge in [-0.15, -0.1) is 10.2 Å². The van der Waals surface area contributed by atoms with Crippen molar-refractivity contribution >= 4 is 5.82 Å². The van der Waals surface area contributed by atoms with Crippen molar-refractivity contribution < 1.29 is 4.74 Å². The minimum absolute atomic E-state index is 0.0564. The van der Waals surface area contributed by atoms with E-state index < -0.39 is 0 Å². The first kappa shape index (κ1) is 15.3. The van der Waals surface area contributed by atoms with Crippen molar-refractivity contribution in [2.24, 2.45) is 7.05 Å². The predicted molar refractivity (Wildman–Crippen MR) is 92.7 cm³/mol. The summed E-state index contributed by atoms with van der Waals surface area (Å²) in [4.78, 5) is 6.61. The fraction of sp³-hybridized carbons (Fsp3) is 0.500. The van der Waals surface area contributed by atoms with Crippen LogP contribution in [0.3, 0.4) is 0 Å². The molecule has 6 heteroatoms. The Morgan fingerprint density at radius 2 is 2.00 bits per heavy atom. The molecule has 0 aliphatic carbocycles. The van der Waals surface area contributed by atoms with E-state index in [1.54, 1.807) is 6.20 Å². The van der Waals surface area contributed by atoms with E-state index in [4.69, 9.17) is 4.74 Å². The third-order valence-corrected chi connectivity index (χ3v) is 5.03. The molecule has 0 aromatic carbocycles. The van der Waals surface area contributed by atoms with Gasteiger partial charge in [-0.05, 0) is 38.3 Å². The highest BCUT2D eigenvalue weighted by Gasteiger charge is 2.35. The lowest BCUT2D eigenvalue weighted by atomic mass is 9.87. The predicted octanol–water partition coefficient (Wildman–Crippen LogP) is 2.58. The number of imidazole rings is 1. The van der Waals surface area contributed by atoms with Gasteiger partial charge in [-0.2, -0.15) is 0 Å². The second-order valence-corrected chi connectivity index (χ2v) is 6.78. The van der Waals surface area contributed by atoms with Gasteiger partial charge >= 0.3 is 0 Å². The number of hydrogen-bond acceptors (Lipinski definition) is 5. The number of piperidine rings is 1. The maximum atomic E-state index is 6.09. The Bertz CT molecular complexity index is 741. The number of anilines is 1. The van der Waals surface area contributed by atoms with Crippen molar-refractivity contribution in [1.82, 2.24) is 19.7 Å². The summed E-state index contributed by atoms with van der Waals surface area (Å²) in [6.07, 6.45) is 9.10. The average molecular weight is 325 g/mol. The Hall–Kier alpha value is -2.21. The Labute approximate surface area is 142 Å². The molecule has 2 aliphatic heterocycles. The van der Waals surface area contributed by atoms with Crippen molar-refractivity contribution in [3.8, 4) is 11.5 Å². The summed E-state index contributed by atoms with van der Waals surface area (Å²) in [6.45, 7) is 4.94. The number of aromatic nitrogens is 4. The maximum Gasteiger partial charge on any atom is 0.160 e. The zero-order valence-corrected chi connectivity index (χ0v) is 14.3. The van der Waals surface area contributed by atoms with Crippen LogP contribution in [0.4, 0.5) is 5.82 Å². The highest BCUT2D eigenvalue weighted by molar-refractivity contribution is 5.52. The summed E-state index contributed by atoms with van der Waals surface area (Å²) in [5.74, 6) is 1.77. The Balaban J connectivity index is 1.46. The lowest BCUT2D eigenvalue weighted by Crippen LogP contribution is -2.46. The van der Waals surface area contributed by atoms with E-state index in [2.05, 4.69) is 33.1 Å². The average Bonchev–Trinajstić information content (AvgIpc) is 3.02. The van der Waals surface area contributed by atoms with Gasteiger partial charge in [0.05, 0.1) is 12.2 Å². The van der Waals surface area contributed by atoms with Crippen molar-refractivity contribution in [3.05, 3.63) is 36.2 Å². The zero-order valence-electron chi connectivity index (χ0n) is 14.3. The van der Waals surface area contributed by atoms with E-state index in [1.807, 2.05) is 29.9 Å². The van der Waals surface area contributed by atoms with Gasteiger partial charge in [0, 0.05) is 32.5 Å². The molecular weight excluding hydrogens is 302 g/mol. The monoisotopic (exact) mass is 325 g/mol. The number of rotatable bonds is 2. The fourth-order valence-electron chi connectivity index (χ4n) is 3.61. The summed E-state index contributed by atoms with van der Waals surface area (Å²) in [7, 11) is 1.96. The largest absolute Gasteiger partial charge is 0.370 e. The molecule has 0 radical (unpaired) electrons.